The van der Waals surface area contributed by atoms with Crippen LogP contribution in [-0.2, 0) is 16.1 Å². The van der Waals surface area contributed by atoms with Gasteiger partial charge in [0, 0.05) is 26.3 Å². The summed E-state index contributed by atoms with van der Waals surface area (Å²) < 4.78 is 15.5. The molecular weight excluding hydrogens is 348 g/mol. The van der Waals surface area contributed by atoms with Gasteiger partial charge in [0.05, 0.1) is 19.8 Å². The van der Waals surface area contributed by atoms with Crippen LogP contribution in [0.1, 0.15) is 15.9 Å². The van der Waals surface area contributed by atoms with E-state index in [4.69, 9.17) is 14.2 Å². The van der Waals surface area contributed by atoms with E-state index in [2.05, 4.69) is 5.32 Å². The molecule has 2 aromatic carbocycles. The van der Waals surface area contributed by atoms with Crippen molar-refractivity contribution in [3.63, 3.8) is 0 Å². The lowest BCUT2D eigenvalue weighted by Gasteiger charge is -2.13. The molecule has 0 aliphatic rings. The number of amides is 1. The number of rotatable bonds is 8. The second-order valence-electron chi connectivity index (χ2n) is 5.99. The van der Waals surface area contributed by atoms with Crippen molar-refractivity contribution in [1.29, 1.82) is 0 Å². The fourth-order valence-electron chi connectivity index (χ4n) is 2.37. The van der Waals surface area contributed by atoms with Gasteiger partial charge in [-0.15, -0.1) is 0 Å². The third-order valence-electron chi connectivity index (χ3n) is 3.87. The molecule has 1 amide bonds. The van der Waals surface area contributed by atoms with Gasteiger partial charge in [-0.25, -0.2) is 4.79 Å². The average Bonchev–Trinajstić information content (AvgIpc) is 2.70. The number of benzene rings is 2. The number of carbonyl (C=O) groups is 2. The van der Waals surface area contributed by atoms with Crippen molar-refractivity contribution in [3.05, 3.63) is 53.6 Å². The smallest absolute Gasteiger partial charge is 0.338 e. The van der Waals surface area contributed by atoms with Crippen molar-refractivity contribution in [2.75, 3.05) is 39.8 Å². The SMILES string of the molecule is COc1ccc(CNC(=O)COC(=O)c2cccc(N(C)C)c2)cc1OC. The molecule has 0 heterocycles. The molecule has 27 heavy (non-hydrogen) atoms. The molecule has 0 fully saturated rings. The van der Waals surface area contributed by atoms with Crippen LogP contribution in [0.15, 0.2) is 42.5 Å². The lowest BCUT2D eigenvalue weighted by atomic mass is 10.2. The third kappa shape index (κ3) is 5.64. The maximum atomic E-state index is 12.1. The maximum absolute atomic E-state index is 12.1. The Morgan fingerprint density at radius 3 is 2.41 bits per heavy atom. The Bertz CT molecular complexity index is 805. The van der Waals surface area contributed by atoms with Crippen LogP contribution in [0.4, 0.5) is 5.69 Å². The number of hydrogen-bond donors (Lipinski definition) is 1. The molecule has 7 nitrogen and oxygen atoms in total. The van der Waals surface area contributed by atoms with E-state index < -0.39 is 5.97 Å². The van der Waals surface area contributed by atoms with Crippen molar-refractivity contribution in [1.82, 2.24) is 5.32 Å². The van der Waals surface area contributed by atoms with E-state index in [1.54, 1.807) is 44.6 Å². The van der Waals surface area contributed by atoms with E-state index in [1.807, 2.05) is 31.1 Å². The zero-order valence-electron chi connectivity index (χ0n) is 15.9. The number of nitrogens with one attached hydrogen (secondary N) is 1. The molecule has 0 aliphatic carbocycles. The number of methoxy groups -OCH3 is 2. The predicted octanol–water partition coefficient (Wildman–Crippen LogP) is 2.24. The molecular formula is C20H24N2O5. The van der Waals surface area contributed by atoms with Gasteiger partial charge >= 0.3 is 5.97 Å². The summed E-state index contributed by atoms with van der Waals surface area (Å²) in [6, 6.07) is 12.4. The minimum atomic E-state index is -0.542. The first-order chi connectivity index (χ1) is 12.9. The molecule has 0 atom stereocenters. The number of ether oxygens (including phenoxy) is 3. The number of nitrogens with zero attached hydrogens (tertiary/aromatic N) is 1. The van der Waals surface area contributed by atoms with Gasteiger partial charge in [0.25, 0.3) is 5.91 Å². The van der Waals surface area contributed by atoms with Gasteiger partial charge in [0.1, 0.15) is 0 Å². The Morgan fingerprint density at radius 1 is 1.00 bits per heavy atom. The van der Waals surface area contributed by atoms with E-state index in [0.29, 0.717) is 17.1 Å². The molecule has 1 N–H and O–H groups in total. The number of esters is 1. The van der Waals surface area contributed by atoms with Crippen LogP contribution in [0.3, 0.4) is 0 Å². The molecule has 0 radical (unpaired) electrons. The van der Waals surface area contributed by atoms with Crippen LogP contribution in [0, 0.1) is 0 Å². The highest BCUT2D eigenvalue weighted by molar-refractivity contribution is 5.92. The molecule has 0 aliphatic heterocycles. The highest BCUT2D eigenvalue weighted by Crippen LogP contribution is 2.27. The highest BCUT2D eigenvalue weighted by atomic mass is 16.5. The minimum absolute atomic E-state index is 0.285. The minimum Gasteiger partial charge on any atom is -0.493 e. The maximum Gasteiger partial charge on any atom is 0.338 e. The Kier molecular flexibility index (Phi) is 7.05. The van der Waals surface area contributed by atoms with Crippen LogP contribution in [-0.4, -0.2) is 46.8 Å². The summed E-state index contributed by atoms with van der Waals surface area (Å²) in [5.74, 6) is 0.264. The Labute approximate surface area is 158 Å². The Hall–Kier alpha value is -3.22. The van der Waals surface area contributed by atoms with Crippen LogP contribution in [0.5, 0.6) is 11.5 Å². The van der Waals surface area contributed by atoms with Crippen LogP contribution >= 0.6 is 0 Å². The molecule has 0 bridgehead atoms. The molecule has 144 valence electrons. The van der Waals surface area contributed by atoms with E-state index >= 15 is 0 Å². The van der Waals surface area contributed by atoms with E-state index in [-0.39, 0.29) is 19.1 Å². The van der Waals surface area contributed by atoms with Crippen LogP contribution in [0.2, 0.25) is 0 Å². The molecule has 2 rings (SSSR count). The molecule has 0 saturated carbocycles. The normalized spacial score (nSPS) is 10.1. The summed E-state index contributed by atoms with van der Waals surface area (Å²) in [5.41, 5.74) is 2.11. The Balaban J connectivity index is 1.86. The molecule has 0 saturated heterocycles. The van der Waals surface area contributed by atoms with Crippen molar-refractivity contribution in [3.8, 4) is 11.5 Å². The second-order valence-corrected chi connectivity index (χ2v) is 5.99. The van der Waals surface area contributed by atoms with E-state index in [9.17, 15) is 9.59 Å². The monoisotopic (exact) mass is 372 g/mol. The first-order valence-corrected chi connectivity index (χ1v) is 8.36. The summed E-state index contributed by atoms with van der Waals surface area (Å²) in [6.07, 6.45) is 0. The van der Waals surface area contributed by atoms with Crippen molar-refractivity contribution < 1.29 is 23.8 Å². The number of hydrogen-bond acceptors (Lipinski definition) is 6. The second kappa shape index (κ2) is 9.47. The summed E-state index contributed by atoms with van der Waals surface area (Å²) in [5, 5.41) is 2.70. The average molecular weight is 372 g/mol. The highest BCUT2D eigenvalue weighted by Gasteiger charge is 2.12. The zero-order chi connectivity index (χ0) is 19.8. The summed E-state index contributed by atoms with van der Waals surface area (Å²) in [4.78, 5) is 25.9. The molecule has 2 aromatic rings. The van der Waals surface area contributed by atoms with Crippen molar-refractivity contribution >= 4 is 17.6 Å². The summed E-state index contributed by atoms with van der Waals surface area (Å²) >= 11 is 0. The first kappa shape index (κ1) is 20.1. The molecule has 0 aromatic heterocycles. The lowest BCUT2D eigenvalue weighted by molar-refractivity contribution is -0.124. The fraction of sp³-hybridized carbons (Fsp3) is 0.300. The standard InChI is InChI=1S/C20H24N2O5/c1-22(2)16-7-5-6-15(11-16)20(24)27-13-19(23)21-12-14-8-9-17(25-3)18(10-14)26-4/h5-11H,12-13H2,1-4H3,(H,21,23). The topological polar surface area (TPSA) is 77.1 Å². The fourth-order valence-corrected chi connectivity index (χ4v) is 2.37. The van der Waals surface area contributed by atoms with Gasteiger partial charge in [-0.05, 0) is 35.9 Å². The largest absolute Gasteiger partial charge is 0.493 e. The quantitative estimate of drug-likeness (QED) is 0.716. The number of anilines is 1. The van der Waals surface area contributed by atoms with Gasteiger partial charge < -0.3 is 24.4 Å². The summed E-state index contributed by atoms with van der Waals surface area (Å²) in [7, 11) is 6.87. The third-order valence-corrected chi connectivity index (χ3v) is 3.87. The van der Waals surface area contributed by atoms with Crippen LogP contribution < -0.4 is 19.7 Å². The first-order valence-electron chi connectivity index (χ1n) is 8.36. The van der Waals surface area contributed by atoms with E-state index in [0.717, 1.165) is 11.3 Å². The lowest BCUT2D eigenvalue weighted by Crippen LogP contribution is -2.28. The van der Waals surface area contributed by atoms with Gasteiger partial charge in [0.2, 0.25) is 0 Å². The summed E-state index contributed by atoms with van der Waals surface area (Å²) in [6.45, 7) is -0.0643. The molecule has 0 unspecified atom stereocenters. The van der Waals surface area contributed by atoms with Gasteiger partial charge in [0.15, 0.2) is 18.1 Å². The zero-order valence-corrected chi connectivity index (χ0v) is 15.9. The van der Waals surface area contributed by atoms with Gasteiger partial charge in [-0.3, -0.25) is 4.79 Å². The van der Waals surface area contributed by atoms with Gasteiger partial charge in [-0.1, -0.05) is 12.1 Å². The molecule has 0 spiro atoms. The van der Waals surface area contributed by atoms with Crippen molar-refractivity contribution in [2.24, 2.45) is 0 Å². The number of carbonyl (C=O) groups excluding carboxylic acids is 2. The van der Waals surface area contributed by atoms with Gasteiger partial charge in [-0.2, -0.15) is 0 Å². The van der Waals surface area contributed by atoms with E-state index in [1.165, 1.54) is 0 Å². The Morgan fingerprint density at radius 2 is 1.74 bits per heavy atom. The molecule has 7 heteroatoms. The predicted molar refractivity (Wildman–Crippen MR) is 102 cm³/mol. The van der Waals surface area contributed by atoms with Crippen molar-refractivity contribution in [2.45, 2.75) is 6.54 Å². The van der Waals surface area contributed by atoms with Crippen LogP contribution in [0.25, 0.3) is 0 Å².